The second-order valence-electron chi connectivity index (χ2n) is 6.25. The van der Waals surface area contributed by atoms with Gasteiger partial charge in [-0.25, -0.2) is 8.42 Å². The van der Waals surface area contributed by atoms with E-state index in [0.717, 1.165) is 11.6 Å². The molecule has 23 heavy (non-hydrogen) atoms. The topological polar surface area (TPSA) is 86.3 Å². The van der Waals surface area contributed by atoms with Gasteiger partial charge >= 0.3 is 0 Å². The summed E-state index contributed by atoms with van der Waals surface area (Å²) in [4.78, 5) is 10.7. The summed E-state index contributed by atoms with van der Waals surface area (Å²) in [5, 5.41) is 10.8. The normalized spacial score (nSPS) is 12.0. The van der Waals surface area contributed by atoms with E-state index in [-0.39, 0.29) is 15.9 Å². The highest BCUT2D eigenvalue weighted by atomic mass is 32.2. The van der Waals surface area contributed by atoms with Crippen LogP contribution in [-0.4, -0.2) is 14.4 Å². The number of aromatic carboxylic acids is 1. The fourth-order valence-corrected chi connectivity index (χ4v) is 3.15. The molecule has 6 heteroatoms. The van der Waals surface area contributed by atoms with Crippen LogP contribution in [0.2, 0.25) is 0 Å². The van der Waals surface area contributed by atoms with Crippen molar-refractivity contribution in [3.05, 3.63) is 59.7 Å². The van der Waals surface area contributed by atoms with Crippen molar-refractivity contribution in [1.82, 2.24) is 0 Å². The fourth-order valence-electron chi connectivity index (χ4n) is 2.04. The molecule has 122 valence electrons. The first-order valence-electron chi connectivity index (χ1n) is 7.04. The van der Waals surface area contributed by atoms with Crippen molar-refractivity contribution >= 4 is 21.7 Å². The minimum atomic E-state index is -3.86. The monoisotopic (exact) mass is 332 g/mol. The Kier molecular flexibility index (Phi) is 4.47. The van der Waals surface area contributed by atoms with E-state index < -0.39 is 16.0 Å². The van der Waals surface area contributed by atoms with Crippen LogP contribution in [0.5, 0.6) is 0 Å². The lowest BCUT2D eigenvalue weighted by Gasteiger charge is -2.19. The van der Waals surface area contributed by atoms with Crippen LogP contribution in [0.3, 0.4) is 0 Å². The molecule has 0 bridgehead atoms. The summed E-state index contributed by atoms with van der Waals surface area (Å²) in [5.74, 6) is -1.42. The van der Waals surface area contributed by atoms with Crippen LogP contribution in [-0.2, 0) is 15.4 Å². The first kappa shape index (κ1) is 17.0. The number of benzene rings is 2. The highest BCUT2D eigenvalue weighted by Gasteiger charge is 2.16. The van der Waals surface area contributed by atoms with Gasteiger partial charge in [0.1, 0.15) is 0 Å². The smallest absolute Gasteiger partial charge is 0.261 e. The predicted molar refractivity (Wildman–Crippen MR) is 86.7 cm³/mol. The van der Waals surface area contributed by atoms with Gasteiger partial charge in [0, 0.05) is 5.69 Å². The lowest BCUT2D eigenvalue weighted by molar-refractivity contribution is -0.255. The van der Waals surface area contributed by atoms with E-state index in [2.05, 4.69) is 25.5 Å². The average Bonchev–Trinajstić information content (AvgIpc) is 2.46. The zero-order valence-electron chi connectivity index (χ0n) is 13.2. The van der Waals surface area contributed by atoms with Gasteiger partial charge in [-0.15, -0.1) is 0 Å². The molecule has 0 saturated carbocycles. The quantitative estimate of drug-likeness (QED) is 0.929. The summed E-state index contributed by atoms with van der Waals surface area (Å²) in [6, 6.07) is 12.1. The van der Waals surface area contributed by atoms with E-state index in [1.54, 1.807) is 12.1 Å². The van der Waals surface area contributed by atoms with Crippen LogP contribution < -0.4 is 9.83 Å². The third-order valence-corrected chi connectivity index (χ3v) is 4.76. The van der Waals surface area contributed by atoms with Gasteiger partial charge in [0.05, 0.1) is 10.9 Å². The summed E-state index contributed by atoms with van der Waals surface area (Å²) < 4.78 is 27.1. The Hall–Kier alpha value is -2.34. The molecule has 0 aliphatic carbocycles. The summed E-state index contributed by atoms with van der Waals surface area (Å²) in [7, 11) is -3.86. The summed E-state index contributed by atoms with van der Waals surface area (Å²) in [6.07, 6.45) is 0. The number of hydrogen-bond donors (Lipinski definition) is 1. The lowest BCUT2D eigenvalue weighted by Crippen LogP contribution is -2.23. The van der Waals surface area contributed by atoms with Crippen LogP contribution in [0.15, 0.2) is 53.4 Å². The Labute approximate surface area is 136 Å². The molecule has 0 aliphatic rings. The second kappa shape index (κ2) is 6.04. The molecule has 0 unspecified atom stereocenters. The van der Waals surface area contributed by atoms with E-state index in [9.17, 15) is 18.3 Å². The van der Waals surface area contributed by atoms with Crippen molar-refractivity contribution in [3.63, 3.8) is 0 Å². The molecule has 0 heterocycles. The number of anilines is 1. The minimum Gasteiger partial charge on any atom is -0.545 e. The Balaban J connectivity index is 2.28. The van der Waals surface area contributed by atoms with Crippen molar-refractivity contribution in [2.45, 2.75) is 31.1 Å². The molecule has 1 N–H and O–H groups in total. The summed E-state index contributed by atoms with van der Waals surface area (Å²) in [6.45, 7) is 6.20. The molecule has 2 rings (SSSR count). The number of hydrogen-bond acceptors (Lipinski definition) is 4. The Morgan fingerprint density at radius 3 is 2.17 bits per heavy atom. The standard InChI is InChI=1S/C17H19NO4S/c1-17(2,3)13-7-9-14(10-8-13)18-23(21,22)15-6-4-5-12(11-15)16(19)20/h4-11,18H,1-3H3,(H,19,20)/p-1. The van der Waals surface area contributed by atoms with E-state index >= 15 is 0 Å². The van der Waals surface area contributed by atoms with Crippen molar-refractivity contribution in [2.75, 3.05) is 4.72 Å². The maximum absolute atomic E-state index is 12.3. The van der Waals surface area contributed by atoms with Gasteiger partial charge in [-0.05, 0) is 40.8 Å². The molecular weight excluding hydrogens is 314 g/mol. The number of carbonyl (C=O) groups excluding carboxylic acids is 1. The number of sulfonamides is 1. The summed E-state index contributed by atoms with van der Waals surface area (Å²) in [5.41, 5.74) is 1.28. The molecule has 0 amide bonds. The molecular formula is C17H18NO4S-. The second-order valence-corrected chi connectivity index (χ2v) is 7.93. The molecule has 2 aromatic rings. The van der Waals surface area contributed by atoms with Crippen LogP contribution in [0, 0.1) is 0 Å². The molecule has 0 aliphatic heterocycles. The van der Waals surface area contributed by atoms with Gasteiger partial charge in [0.25, 0.3) is 10.0 Å². The van der Waals surface area contributed by atoms with Crippen molar-refractivity contribution in [3.8, 4) is 0 Å². The summed E-state index contributed by atoms with van der Waals surface area (Å²) >= 11 is 0. The zero-order valence-corrected chi connectivity index (χ0v) is 14.0. The van der Waals surface area contributed by atoms with Gasteiger partial charge < -0.3 is 9.90 Å². The van der Waals surface area contributed by atoms with Gasteiger partial charge in [0.15, 0.2) is 0 Å². The highest BCUT2D eigenvalue weighted by Crippen LogP contribution is 2.24. The molecule has 0 saturated heterocycles. The van der Waals surface area contributed by atoms with Crippen molar-refractivity contribution in [2.24, 2.45) is 0 Å². The largest absolute Gasteiger partial charge is 0.545 e. The number of nitrogens with one attached hydrogen (secondary N) is 1. The van der Waals surface area contributed by atoms with Gasteiger partial charge in [-0.3, -0.25) is 4.72 Å². The minimum absolute atomic E-state index is 0.0276. The highest BCUT2D eigenvalue weighted by molar-refractivity contribution is 7.92. The number of carboxylic acids is 1. The Morgan fingerprint density at radius 2 is 1.65 bits per heavy atom. The van der Waals surface area contributed by atoms with Crippen molar-refractivity contribution < 1.29 is 18.3 Å². The maximum Gasteiger partial charge on any atom is 0.261 e. The van der Waals surface area contributed by atoms with E-state index in [1.165, 1.54) is 18.2 Å². The average molecular weight is 332 g/mol. The lowest BCUT2D eigenvalue weighted by atomic mass is 9.87. The first-order chi connectivity index (χ1) is 10.6. The third kappa shape index (κ3) is 4.10. The number of carboxylic acid groups (broad SMARTS) is 1. The van der Waals surface area contributed by atoms with Crippen LogP contribution in [0.4, 0.5) is 5.69 Å². The Morgan fingerprint density at radius 1 is 1.04 bits per heavy atom. The van der Waals surface area contributed by atoms with Crippen LogP contribution in [0.1, 0.15) is 36.7 Å². The predicted octanol–water partition coefficient (Wildman–Crippen LogP) is 2.15. The van der Waals surface area contributed by atoms with Gasteiger partial charge in [0.2, 0.25) is 0 Å². The molecule has 2 aromatic carbocycles. The zero-order chi connectivity index (χ0) is 17.3. The molecule has 5 nitrogen and oxygen atoms in total. The first-order valence-corrected chi connectivity index (χ1v) is 8.53. The van der Waals surface area contributed by atoms with Gasteiger partial charge in [-0.1, -0.05) is 45.0 Å². The molecule has 0 fully saturated rings. The molecule has 0 atom stereocenters. The van der Waals surface area contributed by atoms with Crippen LogP contribution >= 0.6 is 0 Å². The fraction of sp³-hybridized carbons (Fsp3) is 0.235. The molecule has 0 aromatic heterocycles. The van der Waals surface area contributed by atoms with E-state index in [0.29, 0.717) is 5.69 Å². The Bertz CT molecular complexity index is 818. The van der Waals surface area contributed by atoms with Crippen molar-refractivity contribution in [1.29, 1.82) is 0 Å². The number of rotatable bonds is 4. The van der Waals surface area contributed by atoms with E-state index in [4.69, 9.17) is 0 Å². The SMILES string of the molecule is CC(C)(C)c1ccc(NS(=O)(=O)c2cccc(C(=O)[O-])c2)cc1. The maximum atomic E-state index is 12.3. The molecule has 0 radical (unpaired) electrons. The van der Waals surface area contributed by atoms with Gasteiger partial charge in [-0.2, -0.15) is 0 Å². The number of carbonyl (C=O) groups is 1. The third-order valence-electron chi connectivity index (χ3n) is 3.38. The van der Waals surface area contributed by atoms with E-state index in [1.807, 2.05) is 12.1 Å². The van der Waals surface area contributed by atoms with Crippen LogP contribution in [0.25, 0.3) is 0 Å². The molecule has 0 spiro atoms.